The highest BCUT2D eigenvalue weighted by Gasteiger charge is 2.23. The first-order valence-electron chi connectivity index (χ1n) is 8.38. The Labute approximate surface area is 147 Å². The summed E-state index contributed by atoms with van der Waals surface area (Å²) in [5, 5.41) is 0. The van der Waals surface area contributed by atoms with Gasteiger partial charge in [-0.3, -0.25) is 4.79 Å². The van der Waals surface area contributed by atoms with E-state index in [4.69, 9.17) is 18.6 Å². The lowest BCUT2D eigenvalue weighted by molar-refractivity contribution is 0.0693. The number of ether oxygens (including phenoxy) is 3. The van der Waals surface area contributed by atoms with Crippen LogP contribution in [-0.4, -0.2) is 45.2 Å². The maximum atomic E-state index is 12.6. The summed E-state index contributed by atoms with van der Waals surface area (Å²) in [4.78, 5) is 14.4. The summed E-state index contributed by atoms with van der Waals surface area (Å²) in [6, 6.07) is 7.10. The Morgan fingerprint density at radius 3 is 2.28 bits per heavy atom. The van der Waals surface area contributed by atoms with Crippen LogP contribution < -0.4 is 14.2 Å². The van der Waals surface area contributed by atoms with Crippen LogP contribution in [0.25, 0.3) is 11.3 Å². The largest absolute Gasteiger partial charge is 0.493 e. The molecule has 1 aliphatic heterocycles. The van der Waals surface area contributed by atoms with Crippen LogP contribution in [-0.2, 0) is 0 Å². The van der Waals surface area contributed by atoms with E-state index in [1.54, 1.807) is 39.5 Å². The van der Waals surface area contributed by atoms with E-state index in [-0.39, 0.29) is 5.91 Å². The second kappa shape index (κ2) is 7.51. The van der Waals surface area contributed by atoms with E-state index in [0.29, 0.717) is 34.3 Å². The molecule has 6 nitrogen and oxygen atoms in total. The molecule has 1 aliphatic rings. The molecule has 1 aromatic carbocycles. The fraction of sp³-hybridized carbons (Fsp3) is 0.421. The second-order valence-corrected chi connectivity index (χ2v) is 5.90. The van der Waals surface area contributed by atoms with Crippen molar-refractivity contribution in [1.29, 1.82) is 0 Å². The zero-order valence-corrected chi connectivity index (χ0v) is 14.8. The van der Waals surface area contributed by atoms with E-state index in [9.17, 15) is 4.79 Å². The number of rotatable bonds is 5. The molecule has 0 unspecified atom stereocenters. The van der Waals surface area contributed by atoms with E-state index in [1.807, 2.05) is 11.0 Å². The number of benzene rings is 1. The fourth-order valence-electron chi connectivity index (χ4n) is 3.15. The smallest absolute Gasteiger partial charge is 0.289 e. The molecule has 0 aliphatic carbocycles. The number of amides is 1. The summed E-state index contributed by atoms with van der Waals surface area (Å²) in [5.41, 5.74) is 0.706. The molecule has 1 aromatic heterocycles. The number of hydrogen-bond acceptors (Lipinski definition) is 5. The third-order valence-corrected chi connectivity index (χ3v) is 4.43. The highest BCUT2D eigenvalue weighted by atomic mass is 16.5. The number of likely N-dealkylation sites (tertiary alicyclic amines) is 1. The van der Waals surface area contributed by atoms with Crippen LogP contribution in [0.1, 0.15) is 29.8 Å². The molecule has 6 heteroatoms. The second-order valence-electron chi connectivity index (χ2n) is 5.90. The zero-order chi connectivity index (χ0) is 17.8. The summed E-state index contributed by atoms with van der Waals surface area (Å²) in [6.07, 6.45) is 3.27. The average molecular weight is 345 g/mol. The molecule has 134 valence electrons. The van der Waals surface area contributed by atoms with Crippen molar-refractivity contribution in [2.45, 2.75) is 19.3 Å². The van der Waals surface area contributed by atoms with Gasteiger partial charge in [-0.2, -0.15) is 0 Å². The highest BCUT2D eigenvalue weighted by Crippen LogP contribution is 2.44. The molecular weight excluding hydrogens is 322 g/mol. The molecule has 2 heterocycles. The van der Waals surface area contributed by atoms with Gasteiger partial charge in [0, 0.05) is 13.1 Å². The Kier molecular flexibility index (Phi) is 5.16. The number of methoxy groups -OCH3 is 3. The van der Waals surface area contributed by atoms with Gasteiger partial charge in [0.05, 0.1) is 26.9 Å². The first-order chi connectivity index (χ1) is 12.2. The molecule has 1 amide bonds. The number of nitrogens with zero attached hydrogens (tertiary/aromatic N) is 1. The lowest BCUT2D eigenvalue weighted by Crippen LogP contribution is -2.35. The Morgan fingerprint density at radius 2 is 1.64 bits per heavy atom. The quantitative estimate of drug-likeness (QED) is 0.829. The summed E-state index contributed by atoms with van der Waals surface area (Å²) < 4.78 is 22.0. The molecule has 1 saturated heterocycles. The summed E-state index contributed by atoms with van der Waals surface area (Å²) in [7, 11) is 4.68. The first kappa shape index (κ1) is 17.2. The van der Waals surface area contributed by atoms with Crippen LogP contribution in [0.2, 0.25) is 0 Å². The third-order valence-electron chi connectivity index (χ3n) is 4.43. The van der Waals surface area contributed by atoms with Crippen LogP contribution in [0.5, 0.6) is 17.2 Å². The molecular formula is C19H23NO5. The van der Waals surface area contributed by atoms with Crippen LogP contribution >= 0.6 is 0 Å². The number of furan rings is 1. The van der Waals surface area contributed by atoms with Crippen molar-refractivity contribution >= 4 is 5.91 Å². The Hall–Kier alpha value is -2.63. The number of carbonyl (C=O) groups excluding carboxylic acids is 1. The maximum absolute atomic E-state index is 12.6. The minimum atomic E-state index is -0.0645. The lowest BCUT2D eigenvalue weighted by Gasteiger charge is -2.25. The predicted octanol–water partition coefficient (Wildman–Crippen LogP) is 3.60. The van der Waals surface area contributed by atoms with E-state index >= 15 is 0 Å². The highest BCUT2D eigenvalue weighted by molar-refractivity contribution is 5.92. The van der Waals surface area contributed by atoms with Gasteiger partial charge >= 0.3 is 0 Å². The van der Waals surface area contributed by atoms with E-state index in [1.165, 1.54) is 6.42 Å². The molecule has 0 radical (unpaired) electrons. The van der Waals surface area contributed by atoms with E-state index < -0.39 is 0 Å². The average Bonchev–Trinajstić information content (AvgIpc) is 3.16. The van der Waals surface area contributed by atoms with Crippen LogP contribution in [0.4, 0.5) is 0 Å². The molecule has 1 fully saturated rings. The van der Waals surface area contributed by atoms with Crippen LogP contribution in [0.15, 0.2) is 28.7 Å². The van der Waals surface area contributed by atoms with Crippen molar-refractivity contribution in [2.75, 3.05) is 34.4 Å². The fourth-order valence-corrected chi connectivity index (χ4v) is 3.15. The number of carbonyl (C=O) groups is 1. The number of piperidine rings is 1. The normalized spacial score (nSPS) is 14.3. The SMILES string of the molecule is COc1ccc(-c2ccc(C(=O)N3CCCCC3)o2)c(OC)c1OC. The molecule has 0 N–H and O–H groups in total. The molecule has 0 saturated carbocycles. The minimum absolute atomic E-state index is 0.0645. The maximum Gasteiger partial charge on any atom is 0.289 e. The Balaban J connectivity index is 1.93. The predicted molar refractivity (Wildman–Crippen MR) is 93.6 cm³/mol. The monoisotopic (exact) mass is 345 g/mol. The van der Waals surface area contributed by atoms with Crippen molar-refractivity contribution in [3.05, 3.63) is 30.0 Å². The van der Waals surface area contributed by atoms with Crippen LogP contribution in [0, 0.1) is 0 Å². The van der Waals surface area contributed by atoms with E-state index in [0.717, 1.165) is 25.9 Å². The third kappa shape index (κ3) is 3.29. The van der Waals surface area contributed by atoms with Gasteiger partial charge in [0.1, 0.15) is 5.76 Å². The first-order valence-corrected chi connectivity index (χ1v) is 8.38. The molecule has 2 aromatic rings. The van der Waals surface area contributed by atoms with Gasteiger partial charge in [0.2, 0.25) is 5.75 Å². The van der Waals surface area contributed by atoms with Crippen molar-refractivity contribution in [3.8, 4) is 28.6 Å². The Bertz CT molecular complexity index is 746. The summed E-state index contributed by atoms with van der Waals surface area (Å²) >= 11 is 0. The summed E-state index contributed by atoms with van der Waals surface area (Å²) in [6.45, 7) is 1.57. The van der Waals surface area contributed by atoms with Gasteiger partial charge in [-0.05, 0) is 43.5 Å². The van der Waals surface area contributed by atoms with Crippen molar-refractivity contribution < 1.29 is 23.4 Å². The van der Waals surface area contributed by atoms with Gasteiger partial charge in [0.15, 0.2) is 17.3 Å². The molecule has 3 rings (SSSR count). The van der Waals surface area contributed by atoms with Gasteiger partial charge in [0.25, 0.3) is 5.91 Å². The molecule has 0 atom stereocenters. The Morgan fingerprint density at radius 1 is 0.920 bits per heavy atom. The van der Waals surface area contributed by atoms with E-state index in [2.05, 4.69) is 0 Å². The minimum Gasteiger partial charge on any atom is -0.493 e. The van der Waals surface area contributed by atoms with Crippen molar-refractivity contribution in [1.82, 2.24) is 4.90 Å². The van der Waals surface area contributed by atoms with Crippen molar-refractivity contribution in [3.63, 3.8) is 0 Å². The zero-order valence-electron chi connectivity index (χ0n) is 14.8. The van der Waals surface area contributed by atoms with Crippen molar-refractivity contribution in [2.24, 2.45) is 0 Å². The molecule has 0 spiro atoms. The van der Waals surface area contributed by atoms with Crippen LogP contribution in [0.3, 0.4) is 0 Å². The standard InChI is InChI=1S/C19H23NO5/c1-22-15-8-7-13(17(23-2)18(15)24-3)14-9-10-16(25-14)19(21)20-11-5-4-6-12-20/h7-10H,4-6,11-12H2,1-3H3. The number of hydrogen-bond donors (Lipinski definition) is 0. The van der Waals surface area contributed by atoms with Gasteiger partial charge in [-0.1, -0.05) is 0 Å². The molecule has 25 heavy (non-hydrogen) atoms. The lowest BCUT2D eigenvalue weighted by atomic mass is 10.1. The molecule has 0 bridgehead atoms. The van der Waals surface area contributed by atoms with Gasteiger partial charge in [-0.25, -0.2) is 0 Å². The van der Waals surface area contributed by atoms with Gasteiger partial charge in [-0.15, -0.1) is 0 Å². The summed E-state index contributed by atoms with van der Waals surface area (Å²) in [5.74, 6) is 2.40. The topological polar surface area (TPSA) is 61.1 Å². The van der Waals surface area contributed by atoms with Gasteiger partial charge < -0.3 is 23.5 Å².